The smallest absolute Gasteiger partial charge is 0.340 e. The molecule has 1 saturated carbocycles. The summed E-state index contributed by atoms with van der Waals surface area (Å²) in [5.74, 6) is -1.37. The van der Waals surface area contributed by atoms with Crippen LogP contribution >= 0.6 is 0 Å². The predicted octanol–water partition coefficient (Wildman–Crippen LogP) is 0.930. The topological polar surface area (TPSA) is 136 Å². The standard InChI is InChI=1S/C24H24FN5O5S/c1-13-10-17-14(2)18(23(31)34-20(17)12-19(13)35-24-27-7-3-8-28-24)11-15-6-9-26-22(21(15)25)30-36(32,33)29-16-4-5-16/h3,6-10,12-13,16,19,29H,4-5,11H2,1-2H3,(H,26,30). The fourth-order valence-corrected chi connectivity index (χ4v) is 5.11. The lowest BCUT2D eigenvalue weighted by Gasteiger charge is -2.21. The molecule has 5 rings (SSSR count). The molecule has 2 atom stereocenters. The van der Waals surface area contributed by atoms with Crippen LogP contribution in [0.15, 0.2) is 39.9 Å². The maximum Gasteiger partial charge on any atom is 0.340 e. The van der Waals surface area contributed by atoms with Crippen LogP contribution in [0.3, 0.4) is 0 Å². The van der Waals surface area contributed by atoms with Crippen LogP contribution in [0, 0.1) is 18.7 Å². The minimum absolute atomic E-state index is 0.0850. The van der Waals surface area contributed by atoms with Gasteiger partial charge in [0.25, 0.3) is 0 Å². The van der Waals surface area contributed by atoms with Gasteiger partial charge in [0.05, 0.1) is 0 Å². The van der Waals surface area contributed by atoms with Gasteiger partial charge in [0, 0.05) is 53.8 Å². The average Bonchev–Trinajstić information content (AvgIpc) is 3.64. The first kappa shape index (κ1) is 24.1. The van der Waals surface area contributed by atoms with Crippen LogP contribution in [0.2, 0.25) is 0 Å². The van der Waals surface area contributed by atoms with Crippen molar-refractivity contribution < 1.29 is 22.0 Å². The van der Waals surface area contributed by atoms with E-state index in [9.17, 15) is 13.2 Å². The van der Waals surface area contributed by atoms with Gasteiger partial charge in [-0.3, -0.25) is 4.72 Å². The Morgan fingerprint density at radius 3 is 2.64 bits per heavy atom. The van der Waals surface area contributed by atoms with Crippen LogP contribution in [0.1, 0.15) is 36.5 Å². The fourth-order valence-electron chi connectivity index (χ4n) is 3.98. The molecule has 0 spiro atoms. The molecule has 1 fully saturated rings. The molecule has 2 aliphatic carbocycles. The van der Waals surface area contributed by atoms with Crippen LogP contribution in [-0.4, -0.2) is 35.5 Å². The van der Waals surface area contributed by atoms with E-state index in [2.05, 4.69) is 24.4 Å². The summed E-state index contributed by atoms with van der Waals surface area (Å²) in [6.07, 6.45) is 9.02. The van der Waals surface area contributed by atoms with Gasteiger partial charge in [0.2, 0.25) is 0 Å². The van der Waals surface area contributed by atoms with E-state index < -0.39 is 33.6 Å². The SMILES string of the molecule is Cc1c(Cc2ccnc(NS(=O)(=O)NC3CC3)c2F)c(=O)oc2c1=CC(C)C(Oc1ncccn1)C=2. The number of aromatic nitrogens is 3. The fraction of sp³-hybridized carbons (Fsp3) is 0.333. The minimum atomic E-state index is -3.96. The number of pyridine rings is 1. The van der Waals surface area contributed by atoms with Gasteiger partial charge in [-0.25, -0.2) is 24.1 Å². The number of nitrogens with zero attached hydrogens (tertiary/aromatic N) is 3. The molecule has 2 N–H and O–H groups in total. The van der Waals surface area contributed by atoms with Gasteiger partial charge in [-0.2, -0.15) is 13.1 Å². The summed E-state index contributed by atoms with van der Waals surface area (Å²) >= 11 is 0. The van der Waals surface area contributed by atoms with Crippen molar-refractivity contribution in [3.8, 4) is 6.01 Å². The molecule has 0 bridgehead atoms. The Balaban J connectivity index is 1.44. The third-order valence-electron chi connectivity index (χ3n) is 6.08. The molecule has 0 aromatic carbocycles. The van der Waals surface area contributed by atoms with E-state index in [4.69, 9.17) is 9.15 Å². The molecule has 10 nitrogen and oxygen atoms in total. The van der Waals surface area contributed by atoms with Gasteiger partial charge in [-0.1, -0.05) is 13.0 Å². The Labute approximate surface area is 206 Å². The predicted molar refractivity (Wildman–Crippen MR) is 129 cm³/mol. The van der Waals surface area contributed by atoms with E-state index in [0.29, 0.717) is 11.0 Å². The second-order valence-corrected chi connectivity index (χ2v) is 10.3. The second-order valence-electron chi connectivity index (χ2n) is 8.88. The Morgan fingerprint density at radius 1 is 1.17 bits per heavy atom. The third kappa shape index (κ3) is 5.14. The lowest BCUT2D eigenvalue weighted by Crippen LogP contribution is -2.42. The number of hydrogen-bond acceptors (Lipinski definition) is 8. The van der Waals surface area contributed by atoms with Crippen molar-refractivity contribution >= 4 is 28.2 Å². The molecule has 0 saturated heterocycles. The van der Waals surface area contributed by atoms with Crippen LogP contribution in [0.4, 0.5) is 10.2 Å². The minimum Gasteiger partial charge on any atom is -0.455 e. The zero-order valence-corrected chi connectivity index (χ0v) is 20.4. The summed E-state index contributed by atoms with van der Waals surface area (Å²) < 4.78 is 55.5. The summed E-state index contributed by atoms with van der Waals surface area (Å²) in [5, 5.41) is 0.718. The van der Waals surface area contributed by atoms with Crippen molar-refractivity contribution in [3.05, 3.63) is 74.3 Å². The summed E-state index contributed by atoms with van der Waals surface area (Å²) in [5.41, 5.74) is 0.766. The molecule has 3 aromatic heterocycles. The highest BCUT2D eigenvalue weighted by Gasteiger charge is 2.28. The second kappa shape index (κ2) is 9.43. The molecule has 3 heterocycles. The Bertz CT molecular complexity index is 1590. The first-order valence-corrected chi connectivity index (χ1v) is 12.9. The highest BCUT2D eigenvalue weighted by atomic mass is 32.2. The van der Waals surface area contributed by atoms with Gasteiger partial charge < -0.3 is 9.15 Å². The van der Waals surface area contributed by atoms with E-state index in [1.54, 1.807) is 31.5 Å². The molecule has 3 aromatic rings. The molecule has 0 radical (unpaired) electrons. The van der Waals surface area contributed by atoms with Crippen molar-refractivity contribution in [2.45, 2.75) is 45.3 Å². The van der Waals surface area contributed by atoms with Gasteiger partial charge in [0.15, 0.2) is 11.6 Å². The number of ether oxygens (including phenoxy) is 1. The van der Waals surface area contributed by atoms with E-state index >= 15 is 4.39 Å². The largest absolute Gasteiger partial charge is 0.455 e. The van der Waals surface area contributed by atoms with Crippen molar-refractivity contribution in [1.29, 1.82) is 0 Å². The van der Waals surface area contributed by atoms with Crippen molar-refractivity contribution in [2.75, 3.05) is 4.72 Å². The monoisotopic (exact) mass is 513 g/mol. The number of hydrogen-bond donors (Lipinski definition) is 2. The Kier molecular flexibility index (Phi) is 6.31. The molecule has 2 unspecified atom stereocenters. The molecule has 36 heavy (non-hydrogen) atoms. The molecule has 0 amide bonds. The zero-order valence-electron chi connectivity index (χ0n) is 19.6. The van der Waals surface area contributed by atoms with E-state index in [1.807, 2.05) is 13.0 Å². The van der Waals surface area contributed by atoms with E-state index in [-0.39, 0.29) is 35.5 Å². The van der Waals surface area contributed by atoms with Crippen LogP contribution in [-0.2, 0) is 16.6 Å². The van der Waals surface area contributed by atoms with E-state index in [0.717, 1.165) is 18.1 Å². The molecular formula is C24H24FN5O5S. The van der Waals surface area contributed by atoms with Crippen molar-refractivity contribution in [1.82, 2.24) is 19.7 Å². The zero-order chi connectivity index (χ0) is 25.4. The first-order valence-electron chi connectivity index (χ1n) is 11.4. The lowest BCUT2D eigenvalue weighted by molar-refractivity contribution is 0.209. The first-order chi connectivity index (χ1) is 17.2. The van der Waals surface area contributed by atoms with Gasteiger partial charge in [-0.05, 0) is 43.0 Å². The van der Waals surface area contributed by atoms with Crippen molar-refractivity contribution in [2.24, 2.45) is 5.92 Å². The molecule has 188 valence electrons. The van der Waals surface area contributed by atoms with Gasteiger partial charge >= 0.3 is 21.8 Å². The maximum absolute atomic E-state index is 15.2. The highest BCUT2D eigenvalue weighted by Crippen LogP contribution is 2.22. The highest BCUT2D eigenvalue weighted by molar-refractivity contribution is 7.90. The molecule has 2 aliphatic rings. The number of fused-ring (bicyclic) bond motifs is 1. The quantitative estimate of drug-likeness (QED) is 0.454. The lowest BCUT2D eigenvalue weighted by atomic mass is 9.94. The van der Waals surface area contributed by atoms with Gasteiger partial charge in [0.1, 0.15) is 11.5 Å². The number of halogens is 1. The average molecular weight is 514 g/mol. The summed E-state index contributed by atoms with van der Waals surface area (Å²) in [4.78, 5) is 24.8. The third-order valence-corrected chi connectivity index (χ3v) is 7.19. The number of nitrogens with one attached hydrogen (secondary N) is 2. The summed E-state index contributed by atoms with van der Waals surface area (Å²) in [6, 6.07) is 3.16. The van der Waals surface area contributed by atoms with Gasteiger partial charge in [-0.15, -0.1) is 0 Å². The van der Waals surface area contributed by atoms with Crippen LogP contribution < -0.4 is 30.4 Å². The number of anilines is 1. The molecule has 0 aliphatic heterocycles. The summed E-state index contributed by atoms with van der Waals surface area (Å²) in [6.45, 7) is 3.72. The molecular weight excluding hydrogens is 489 g/mol. The van der Waals surface area contributed by atoms with Crippen LogP contribution in [0.25, 0.3) is 12.2 Å². The molecule has 12 heteroatoms. The maximum atomic E-state index is 15.2. The van der Waals surface area contributed by atoms with Crippen LogP contribution in [0.5, 0.6) is 6.01 Å². The number of rotatable bonds is 8. The summed E-state index contributed by atoms with van der Waals surface area (Å²) in [7, 11) is -3.96. The Hall–Kier alpha value is -3.64. The van der Waals surface area contributed by atoms with Crippen molar-refractivity contribution in [3.63, 3.8) is 0 Å². The Morgan fingerprint density at radius 2 is 1.92 bits per heavy atom. The normalized spacial score (nSPS) is 19.1. The van der Waals surface area contributed by atoms with E-state index in [1.165, 1.54) is 12.3 Å².